The molecule has 1 N–H and O–H groups in total. The summed E-state index contributed by atoms with van der Waals surface area (Å²) in [6.45, 7) is 4.98. The van der Waals surface area contributed by atoms with Gasteiger partial charge in [-0.2, -0.15) is 0 Å². The van der Waals surface area contributed by atoms with E-state index in [1.807, 2.05) is 13.0 Å². The highest BCUT2D eigenvalue weighted by Gasteiger charge is 2.09. The summed E-state index contributed by atoms with van der Waals surface area (Å²) in [5, 5.41) is 6.67. The van der Waals surface area contributed by atoms with Gasteiger partial charge in [-0.25, -0.2) is 9.37 Å². The molecule has 19 heavy (non-hydrogen) atoms. The van der Waals surface area contributed by atoms with Crippen molar-refractivity contribution in [2.24, 2.45) is 0 Å². The maximum Gasteiger partial charge on any atom is 0.123 e. The summed E-state index contributed by atoms with van der Waals surface area (Å²) in [5.41, 5.74) is 2.14. The van der Waals surface area contributed by atoms with Crippen LogP contribution in [0.25, 0.3) is 0 Å². The number of aromatic nitrogens is 1. The molecule has 0 amide bonds. The van der Waals surface area contributed by atoms with Crippen molar-refractivity contribution < 1.29 is 4.39 Å². The van der Waals surface area contributed by atoms with Crippen LogP contribution in [0.15, 0.2) is 29.6 Å². The number of hydrogen-bond acceptors (Lipinski definition) is 3. The number of thiazole rings is 1. The van der Waals surface area contributed by atoms with E-state index in [-0.39, 0.29) is 11.9 Å². The molecule has 1 heterocycles. The SMILES string of the molecule is CCC(NCCc1csc(C)n1)c1cccc(F)c1. The average Bonchev–Trinajstić information content (AvgIpc) is 2.80. The first-order valence-corrected chi connectivity index (χ1v) is 7.47. The summed E-state index contributed by atoms with van der Waals surface area (Å²) >= 11 is 1.68. The lowest BCUT2D eigenvalue weighted by molar-refractivity contribution is 0.516. The Balaban J connectivity index is 1.89. The number of rotatable bonds is 6. The standard InChI is InChI=1S/C15H19FN2S/c1-3-15(12-5-4-6-13(16)9-12)17-8-7-14-10-19-11(2)18-14/h4-6,9-10,15,17H,3,7-8H2,1-2H3. The van der Waals surface area contributed by atoms with Crippen molar-refractivity contribution in [2.45, 2.75) is 32.7 Å². The highest BCUT2D eigenvalue weighted by molar-refractivity contribution is 7.09. The molecule has 2 rings (SSSR count). The molecular weight excluding hydrogens is 259 g/mol. The van der Waals surface area contributed by atoms with Gasteiger partial charge in [0.05, 0.1) is 10.7 Å². The topological polar surface area (TPSA) is 24.9 Å². The highest BCUT2D eigenvalue weighted by atomic mass is 32.1. The predicted molar refractivity (Wildman–Crippen MR) is 78.0 cm³/mol. The molecule has 0 saturated carbocycles. The second-order valence-electron chi connectivity index (χ2n) is 4.58. The van der Waals surface area contributed by atoms with E-state index in [1.54, 1.807) is 23.5 Å². The van der Waals surface area contributed by atoms with Crippen molar-refractivity contribution in [3.63, 3.8) is 0 Å². The predicted octanol–water partition coefficient (Wildman–Crippen LogP) is 3.87. The number of nitrogens with zero attached hydrogens (tertiary/aromatic N) is 1. The highest BCUT2D eigenvalue weighted by Crippen LogP contribution is 2.17. The fraction of sp³-hybridized carbons (Fsp3) is 0.400. The summed E-state index contributed by atoms with van der Waals surface area (Å²) < 4.78 is 13.2. The van der Waals surface area contributed by atoms with Crippen LogP contribution in [0.1, 0.15) is 35.7 Å². The second kappa shape index (κ2) is 6.78. The molecular formula is C15H19FN2S. The van der Waals surface area contributed by atoms with Crippen LogP contribution >= 0.6 is 11.3 Å². The Bertz CT molecular complexity index is 524. The minimum atomic E-state index is -0.173. The third-order valence-electron chi connectivity index (χ3n) is 3.10. The summed E-state index contributed by atoms with van der Waals surface area (Å²) in [6.07, 6.45) is 1.86. The van der Waals surface area contributed by atoms with Gasteiger partial charge in [-0.05, 0) is 31.0 Å². The number of halogens is 1. The Kier molecular flexibility index (Phi) is 5.05. The Morgan fingerprint density at radius 3 is 2.89 bits per heavy atom. The lowest BCUT2D eigenvalue weighted by atomic mass is 10.0. The van der Waals surface area contributed by atoms with Crippen LogP contribution in [-0.4, -0.2) is 11.5 Å². The van der Waals surface area contributed by atoms with Crippen LogP contribution in [0.5, 0.6) is 0 Å². The summed E-state index contributed by atoms with van der Waals surface area (Å²) in [4.78, 5) is 4.44. The minimum absolute atomic E-state index is 0.173. The second-order valence-corrected chi connectivity index (χ2v) is 5.64. The van der Waals surface area contributed by atoms with Crippen LogP contribution in [0.2, 0.25) is 0 Å². The fourth-order valence-corrected chi connectivity index (χ4v) is 2.77. The fourth-order valence-electron chi connectivity index (χ4n) is 2.12. The number of nitrogens with one attached hydrogen (secondary N) is 1. The van der Waals surface area contributed by atoms with Crippen LogP contribution in [0.3, 0.4) is 0 Å². The largest absolute Gasteiger partial charge is 0.310 e. The molecule has 0 aliphatic carbocycles. The first kappa shape index (κ1) is 14.2. The Morgan fingerprint density at radius 1 is 1.42 bits per heavy atom. The van der Waals surface area contributed by atoms with Crippen LogP contribution in [-0.2, 0) is 6.42 Å². The lowest BCUT2D eigenvalue weighted by Crippen LogP contribution is -2.23. The molecule has 2 aromatic rings. The van der Waals surface area contributed by atoms with Gasteiger partial charge >= 0.3 is 0 Å². The average molecular weight is 278 g/mol. The van der Waals surface area contributed by atoms with Gasteiger partial charge in [0.2, 0.25) is 0 Å². The van der Waals surface area contributed by atoms with E-state index in [2.05, 4.69) is 22.6 Å². The Hall–Kier alpha value is -1.26. The van der Waals surface area contributed by atoms with E-state index < -0.39 is 0 Å². The van der Waals surface area contributed by atoms with Crippen LogP contribution in [0.4, 0.5) is 4.39 Å². The molecule has 1 atom stereocenters. The molecule has 1 aromatic carbocycles. The first-order chi connectivity index (χ1) is 9.19. The van der Waals surface area contributed by atoms with Crippen LogP contribution in [0, 0.1) is 12.7 Å². The molecule has 0 radical (unpaired) electrons. The molecule has 0 bridgehead atoms. The number of aryl methyl sites for hydroxylation is 1. The van der Waals surface area contributed by atoms with Gasteiger partial charge in [-0.15, -0.1) is 11.3 Å². The van der Waals surface area contributed by atoms with Gasteiger partial charge in [0.25, 0.3) is 0 Å². The maximum atomic E-state index is 13.2. The van der Waals surface area contributed by atoms with Crippen molar-refractivity contribution in [3.05, 3.63) is 51.7 Å². The van der Waals surface area contributed by atoms with Crippen molar-refractivity contribution in [1.82, 2.24) is 10.3 Å². The van der Waals surface area contributed by atoms with Gasteiger partial charge in [-0.3, -0.25) is 0 Å². The molecule has 4 heteroatoms. The van der Waals surface area contributed by atoms with Crippen molar-refractivity contribution in [3.8, 4) is 0 Å². The molecule has 1 unspecified atom stereocenters. The van der Waals surface area contributed by atoms with E-state index in [0.717, 1.165) is 35.7 Å². The molecule has 1 aromatic heterocycles. The third kappa shape index (κ3) is 4.11. The molecule has 0 fully saturated rings. The number of benzene rings is 1. The van der Waals surface area contributed by atoms with E-state index in [0.29, 0.717) is 0 Å². The maximum absolute atomic E-state index is 13.2. The number of hydrogen-bond donors (Lipinski definition) is 1. The van der Waals surface area contributed by atoms with E-state index in [1.165, 1.54) is 6.07 Å². The first-order valence-electron chi connectivity index (χ1n) is 6.59. The zero-order valence-corrected chi connectivity index (χ0v) is 12.1. The quantitative estimate of drug-likeness (QED) is 0.867. The zero-order valence-electron chi connectivity index (χ0n) is 11.3. The smallest absolute Gasteiger partial charge is 0.123 e. The minimum Gasteiger partial charge on any atom is -0.310 e. The monoisotopic (exact) mass is 278 g/mol. The summed E-state index contributed by atoms with van der Waals surface area (Å²) in [7, 11) is 0. The van der Waals surface area contributed by atoms with Gasteiger partial charge < -0.3 is 5.32 Å². The molecule has 2 nitrogen and oxygen atoms in total. The normalized spacial score (nSPS) is 12.6. The van der Waals surface area contributed by atoms with E-state index >= 15 is 0 Å². The Morgan fingerprint density at radius 2 is 2.26 bits per heavy atom. The van der Waals surface area contributed by atoms with E-state index in [4.69, 9.17) is 0 Å². The lowest BCUT2D eigenvalue weighted by Gasteiger charge is -2.17. The van der Waals surface area contributed by atoms with Crippen LogP contribution < -0.4 is 5.32 Å². The van der Waals surface area contributed by atoms with Crippen molar-refractivity contribution in [1.29, 1.82) is 0 Å². The molecule has 0 saturated heterocycles. The third-order valence-corrected chi connectivity index (χ3v) is 3.92. The van der Waals surface area contributed by atoms with Crippen molar-refractivity contribution >= 4 is 11.3 Å². The summed E-state index contributed by atoms with van der Waals surface area (Å²) in [6, 6.07) is 7.02. The molecule has 102 valence electrons. The molecule has 0 aliphatic rings. The van der Waals surface area contributed by atoms with Gasteiger partial charge in [0.1, 0.15) is 5.82 Å². The summed E-state index contributed by atoms with van der Waals surface area (Å²) in [5.74, 6) is -0.173. The van der Waals surface area contributed by atoms with E-state index in [9.17, 15) is 4.39 Å². The van der Waals surface area contributed by atoms with Gasteiger partial charge in [-0.1, -0.05) is 19.1 Å². The van der Waals surface area contributed by atoms with Gasteiger partial charge in [0.15, 0.2) is 0 Å². The van der Waals surface area contributed by atoms with Gasteiger partial charge in [0, 0.05) is 24.4 Å². The molecule has 0 spiro atoms. The molecule has 0 aliphatic heterocycles. The van der Waals surface area contributed by atoms with Crippen molar-refractivity contribution in [2.75, 3.05) is 6.54 Å². The Labute approximate surface area is 117 Å². The zero-order chi connectivity index (χ0) is 13.7.